The van der Waals surface area contributed by atoms with Crippen LogP contribution in [0.25, 0.3) is 0 Å². The zero-order valence-corrected chi connectivity index (χ0v) is 41.3. The summed E-state index contributed by atoms with van der Waals surface area (Å²) in [4.78, 5) is 37.2. The van der Waals surface area contributed by atoms with Crippen LogP contribution < -0.4 is 0 Å². The molecule has 362 valence electrons. The molecule has 8 nitrogen and oxygen atoms in total. The Labute approximate surface area is 383 Å². The number of hydrogen-bond acceptors (Lipinski definition) is 6. The summed E-state index contributed by atoms with van der Waals surface area (Å²) in [6.07, 6.45) is 53.3. The molecule has 8 heteroatoms. The van der Waals surface area contributed by atoms with Gasteiger partial charge in [0.25, 0.3) is 0 Å². The summed E-state index contributed by atoms with van der Waals surface area (Å²) in [6, 6.07) is -0.617. The van der Waals surface area contributed by atoms with Crippen molar-refractivity contribution in [1.82, 2.24) is 0 Å². The van der Waals surface area contributed by atoms with Crippen LogP contribution >= 0.6 is 0 Å². The lowest BCUT2D eigenvalue weighted by Gasteiger charge is -2.31. The summed E-state index contributed by atoms with van der Waals surface area (Å²) in [7, 11) is 5.54. The monoisotopic (exact) mass is 875 g/mol. The first-order chi connectivity index (χ1) is 30.1. The molecule has 0 rings (SSSR count). The molecule has 62 heavy (non-hydrogen) atoms. The molecular formula is C54H100NO7+. The van der Waals surface area contributed by atoms with Gasteiger partial charge in [0.2, 0.25) is 0 Å². The highest BCUT2D eigenvalue weighted by Crippen LogP contribution is 2.15. The predicted molar refractivity (Wildman–Crippen MR) is 261 cm³/mol. The van der Waals surface area contributed by atoms with Crippen molar-refractivity contribution in [2.45, 2.75) is 251 Å². The molecular weight excluding hydrogens is 775 g/mol. The molecule has 0 radical (unpaired) electrons. The number of carboxylic acid groups (broad SMARTS) is 1. The van der Waals surface area contributed by atoms with Crippen LogP contribution in [0.1, 0.15) is 239 Å². The van der Waals surface area contributed by atoms with E-state index in [-0.39, 0.29) is 36.2 Å². The number of carbonyl (C=O) groups is 3. The molecule has 1 N–H and O–H groups in total. The first-order valence-electron chi connectivity index (χ1n) is 26.0. The van der Waals surface area contributed by atoms with Crippen LogP contribution in [-0.4, -0.2) is 80.6 Å². The molecule has 0 spiro atoms. The van der Waals surface area contributed by atoms with Crippen molar-refractivity contribution in [3.63, 3.8) is 0 Å². The van der Waals surface area contributed by atoms with Gasteiger partial charge in [0.1, 0.15) is 6.61 Å². The molecule has 0 aliphatic rings. The summed E-state index contributed by atoms with van der Waals surface area (Å²) in [6.45, 7) is 4.73. The van der Waals surface area contributed by atoms with Gasteiger partial charge in [-0.3, -0.25) is 9.59 Å². The molecule has 0 aliphatic heterocycles. The number of likely N-dealkylation sites (N-methyl/N-ethyl adjacent to an activating group) is 1. The first kappa shape index (κ1) is 59.5. The van der Waals surface area contributed by atoms with E-state index in [0.29, 0.717) is 19.3 Å². The van der Waals surface area contributed by atoms with E-state index >= 15 is 0 Å². The van der Waals surface area contributed by atoms with Crippen LogP contribution in [0, 0.1) is 0 Å². The van der Waals surface area contributed by atoms with E-state index in [1.165, 1.54) is 154 Å². The summed E-state index contributed by atoms with van der Waals surface area (Å²) < 4.78 is 17.4. The van der Waals surface area contributed by atoms with Gasteiger partial charge < -0.3 is 23.8 Å². The maximum absolute atomic E-state index is 12.8. The summed E-state index contributed by atoms with van der Waals surface area (Å²) >= 11 is 0. The van der Waals surface area contributed by atoms with E-state index < -0.39 is 18.1 Å². The topological polar surface area (TPSA) is 99.1 Å². The van der Waals surface area contributed by atoms with Crippen LogP contribution in [0.5, 0.6) is 0 Å². The number of carbonyl (C=O) groups excluding carboxylic acids is 2. The molecule has 0 heterocycles. The van der Waals surface area contributed by atoms with E-state index in [0.717, 1.165) is 51.4 Å². The van der Waals surface area contributed by atoms with Gasteiger partial charge in [-0.05, 0) is 70.6 Å². The highest BCUT2D eigenvalue weighted by atomic mass is 16.6. The molecule has 0 aromatic heterocycles. The molecule has 0 saturated carbocycles. The number of ether oxygens (including phenoxy) is 3. The normalized spacial score (nSPS) is 13.1. The van der Waals surface area contributed by atoms with Crippen molar-refractivity contribution >= 4 is 17.9 Å². The zero-order valence-electron chi connectivity index (χ0n) is 41.3. The molecule has 0 amide bonds. The zero-order chi connectivity index (χ0) is 45.6. The molecule has 0 aromatic rings. The Balaban J connectivity index is 4.23. The number of allylic oxidation sites excluding steroid dienone is 6. The maximum Gasteiger partial charge on any atom is 0.362 e. The minimum atomic E-state index is -0.875. The van der Waals surface area contributed by atoms with Crippen molar-refractivity contribution in [3.8, 4) is 0 Å². The van der Waals surface area contributed by atoms with Crippen LogP contribution in [0.3, 0.4) is 0 Å². The fourth-order valence-electron chi connectivity index (χ4n) is 7.71. The number of unbranched alkanes of at least 4 members (excludes halogenated alkanes) is 27. The summed E-state index contributed by atoms with van der Waals surface area (Å²) in [5.41, 5.74) is 0. The second kappa shape index (κ2) is 45.1. The highest BCUT2D eigenvalue weighted by molar-refractivity contribution is 5.72. The largest absolute Gasteiger partial charge is 0.477 e. The Bertz CT molecular complexity index is 1110. The van der Waals surface area contributed by atoms with Crippen molar-refractivity contribution < 1.29 is 38.2 Å². The molecule has 2 unspecified atom stereocenters. The number of rotatable bonds is 47. The Morgan fingerprint density at radius 1 is 0.484 bits per heavy atom. The molecule has 0 aromatic carbocycles. The average molecular weight is 875 g/mol. The third kappa shape index (κ3) is 42.8. The summed E-state index contributed by atoms with van der Waals surface area (Å²) in [5.74, 6) is -1.47. The lowest BCUT2D eigenvalue weighted by molar-refractivity contribution is -0.887. The van der Waals surface area contributed by atoms with Gasteiger partial charge in [-0.25, -0.2) is 4.79 Å². The minimum absolute atomic E-state index is 0.0547. The number of esters is 2. The molecule has 0 bridgehead atoms. The van der Waals surface area contributed by atoms with Crippen LogP contribution in [0.15, 0.2) is 36.5 Å². The summed E-state index contributed by atoms with van der Waals surface area (Å²) in [5, 5.41) is 9.65. The van der Waals surface area contributed by atoms with Gasteiger partial charge in [-0.15, -0.1) is 0 Å². The third-order valence-corrected chi connectivity index (χ3v) is 11.8. The van der Waals surface area contributed by atoms with Crippen LogP contribution in [0.2, 0.25) is 0 Å². The molecule has 0 saturated heterocycles. The van der Waals surface area contributed by atoms with E-state index in [9.17, 15) is 19.5 Å². The Kier molecular flexibility index (Phi) is 43.3. The second-order valence-corrected chi connectivity index (χ2v) is 18.8. The predicted octanol–water partition coefficient (Wildman–Crippen LogP) is 15.0. The fraction of sp³-hybridized carbons (Fsp3) is 0.833. The Morgan fingerprint density at radius 2 is 0.855 bits per heavy atom. The number of aliphatic carboxylic acids is 1. The lowest BCUT2D eigenvalue weighted by atomic mass is 10.1. The maximum atomic E-state index is 12.8. The standard InChI is InChI=1S/C54H99NO7/c1-6-8-10-12-14-16-18-20-22-24-25-26-27-29-30-32-34-36-38-40-42-44-52(56)61-49-50(48-60-47-46-51(54(58)59)55(3,4)5)62-53(57)45-43-41-39-37-35-33-31-28-23-21-19-17-15-13-11-9-7-2/h15,17,21,23,26-27,50-51H,6-14,16,18-20,22,24-25,28-49H2,1-5H3/p+1/b17-15+,23-21+,27-26+. The smallest absolute Gasteiger partial charge is 0.362 e. The number of quaternary nitrogens is 1. The van der Waals surface area contributed by atoms with Crippen molar-refractivity contribution in [2.24, 2.45) is 0 Å². The number of nitrogens with zero attached hydrogens (tertiary/aromatic N) is 1. The van der Waals surface area contributed by atoms with Gasteiger partial charge >= 0.3 is 17.9 Å². The van der Waals surface area contributed by atoms with E-state index in [2.05, 4.69) is 50.3 Å². The van der Waals surface area contributed by atoms with E-state index in [4.69, 9.17) is 14.2 Å². The highest BCUT2D eigenvalue weighted by Gasteiger charge is 2.31. The second-order valence-electron chi connectivity index (χ2n) is 18.8. The molecule has 0 fully saturated rings. The quantitative estimate of drug-likeness (QED) is 0.0281. The fourth-order valence-corrected chi connectivity index (χ4v) is 7.71. The van der Waals surface area contributed by atoms with E-state index in [1.54, 1.807) is 0 Å². The van der Waals surface area contributed by atoms with Gasteiger partial charge in [-0.2, -0.15) is 0 Å². The average Bonchev–Trinajstić information content (AvgIpc) is 3.23. The molecule has 2 atom stereocenters. The van der Waals surface area contributed by atoms with Gasteiger partial charge in [0.15, 0.2) is 12.1 Å². The van der Waals surface area contributed by atoms with Gasteiger partial charge in [0.05, 0.1) is 34.4 Å². The van der Waals surface area contributed by atoms with Crippen molar-refractivity contribution in [2.75, 3.05) is 41.0 Å². The number of hydrogen-bond donors (Lipinski definition) is 1. The lowest BCUT2D eigenvalue weighted by Crippen LogP contribution is -2.50. The third-order valence-electron chi connectivity index (χ3n) is 11.8. The van der Waals surface area contributed by atoms with Gasteiger partial charge in [0, 0.05) is 19.3 Å². The van der Waals surface area contributed by atoms with Gasteiger partial charge in [-0.1, -0.05) is 185 Å². The van der Waals surface area contributed by atoms with E-state index in [1.807, 2.05) is 21.1 Å². The van der Waals surface area contributed by atoms with Crippen LogP contribution in [-0.2, 0) is 28.6 Å². The SMILES string of the molecule is CCCCC/C=C/C/C=C/CCCCCCCCCC(=O)OC(COCCC(C(=O)O)[N+](C)(C)C)COC(=O)CCCCCCCCC/C=C/CCCCCCCCCCCC. The first-order valence-corrected chi connectivity index (χ1v) is 26.0. The Hall–Kier alpha value is -2.45. The molecule has 0 aliphatic carbocycles. The van der Waals surface area contributed by atoms with Crippen molar-refractivity contribution in [1.29, 1.82) is 0 Å². The van der Waals surface area contributed by atoms with Crippen LogP contribution in [0.4, 0.5) is 0 Å². The van der Waals surface area contributed by atoms with Crippen molar-refractivity contribution in [3.05, 3.63) is 36.5 Å². The minimum Gasteiger partial charge on any atom is -0.477 e. The number of carboxylic acids is 1. The Morgan fingerprint density at radius 3 is 1.29 bits per heavy atom.